The van der Waals surface area contributed by atoms with Crippen LogP contribution in [0.3, 0.4) is 0 Å². The van der Waals surface area contributed by atoms with Gasteiger partial charge in [-0.1, -0.05) is 65.8 Å². The van der Waals surface area contributed by atoms with Crippen LogP contribution in [-0.4, -0.2) is 68.8 Å². The standard InChI is InChI=1S/C34H45N5O5S/c1-20-27(45-19-36-20)22-11-9-21(10-12-22)25(15-23(40)17-32(2,3)4)37-29(42)26-16-24(41)18-39(26)30(43)28(33(5,6)7)38-31(44)34(35-8)13-14-34/h9-12,19,24-26,28,41H,13-18H2,1-7H3,(H,37,42)(H,38,44)/t24-,25+,26+,28-/m1/s1. The number of benzene rings is 1. The summed E-state index contributed by atoms with van der Waals surface area (Å²) in [7, 11) is 0. The van der Waals surface area contributed by atoms with E-state index in [2.05, 4.69) is 20.5 Å². The highest BCUT2D eigenvalue weighted by Gasteiger charge is 2.59. The van der Waals surface area contributed by atoms with Crippen molar-refractivity contribution in [3.05, 3.63) is 52.5 Å². The van der Waals surface area contributed by atoms with Crippen LogP contribution in [0.25, 0.3) is 15.3 Å². The number of aliphatic hydroxyl groups is 1. The van der Waals surface area contributed by atoms with E-state index in [1.54, 1.807) is 16.8 Å². The lowest BCUT2D eigenvalue weighted by Crippen LogP contribution is -2.59. The molecule has 2 fully saturated rings. The fourth-order valence-corrected chi connectivity index (χ4v) is 6.56. The molecule has 2 aromatic rings. The predicted molar refractivity (Wildman–Crippen MR) is 173 cm³/mol. The Morgan fingerprint density at radius 3 is 2.27 bits per heavy atom. The Hall–Kier alpha value is -3.62. The lowest BCUT2D eigenvalue weighted by molar-refractivity contribution is -0.144. The average molecular weight is 636 g/mol. The van der Waals surface area contributed by atoms with Crippen molar-refractivity contribution >= 4 is 34.8 Å². The Morgan fingerprint density at radius 1 is 1.11 bits per heavy atom. The van der Waals surface area contributed by atoms with E-state index in [-0.39, 0.29) is 30.6 Å². The van der Waals surface area contributed by atoms with Crippen LogP contribution in [0.2, 0.25) is 0 Å². The number of ketones is 1. The lowest BCUT2D eigenvalue weighted by atomic mass is 9.85. The Bertz CT molecular complexity index is 1480. The normalized spacial score (nSPS) is 20.6. The molecule has 1 aliphatic carbocycles. The van der Waals surface area contributed by atoms with Gasteiger partial charge in [0.15, 0.2) is 0 Å². The number of nitrogens with one attached hydrogen (secondary N) is 2. The minimum Gasteiger partial charge on any atom is -0.391 e. The van der Waals surface area contributed by atoms with Gasteiger partial charge in [0.2, 0.25) is 11.8 Å². The molecule has 3 amide bonds. The quantitative estimate of drug-likeness (QED) is 0.327. The summed E-state index contributed by atoms with van der Waals surface area (Å²) in [6.07, 6.45) is 0.401. The molecule has 1 aliphatic heterocycles. The third-order valence-corrected chi connectivity index (χ3v) is 9.39. The number of Topliss-reactive ketones (excluding diaryl/α,β-unsaturated/α-hetero) is 1. The monoisotopic (exact) mass is 635 g/mol. The average Bonchev–Trinajstić information content (AvgIpc) is 3.48. The summed E-state index contributed by atoms with van der Waals surface area (Å²) in [6, 6.07) is 5.04. The highest BCUT2D eigenvalue weighted by molar-refractivity contribution is 7.13. The number of amides is 3. The van der Waals surface area contributed by atoms with Crippen LogP contribution in [0, 0.1) is 24.3 Å². The van der Waals surface area contributed by atoms with Crippen LogP contribution < -0.4 is 10.6 Å². The number of carbonyl (C=O) groups is 4. The van der Waals surface area contributed by atoms with E-state index in [0.29, 0.717) is 19.3 Å². The second-order valence-electron chi connectivity index (χ2n) is 14.7. The first-order chi connectivity index (χ1) is 20.9. The largest absolute Gasteiger partial charge is 0.391 e. The lowest BCUT2D eigenvalue weighted by Gasteiger charge is -2.35. The highest BCUT2D eigenvalue weighted by Crippen LogP contribution is 2.40. The molecule has 11 heteroatoms. The third-order valence-electron chi connectivity index (χ3n) is 8.41. The first kappa shape index (κ1) is 34.3. The molecule has 1 aromatic heterocycles. The molecule has 242 valence electrons. The highest BCUT2D eigenvalue weighted by atomic mass is 32.1. The number of aliphatic hydroxyl groups excluding tert-OH is 1. The van der Waals surface area contributed by atoms with E-state index in [4.69, 9.17) is 6.57 Å². The van der Waals surface area contributed by atoms with E-state index in [9.17, 15) is 24.3 Å². The minimum absolute atomic E-state index is 0.00103. The van der Waals surface area contributed by atoms with Gasteiger partial charge in [0, 0.05) is 38.6 Å². The summed E-state index contributed by atoms with van der Waals surface area (Å²) in [5.41, 5.74) is 2.38. The van der Waals surface area contributed by atoms with E-state index in [1.807, 2.05) is 72.7 Å². The number of rotatable bonds is 10. The fraction of sp³-hybridized carbons (Fsp3) is 0.588. The Balaban J connectivity index is 1.57. The van der Waals surface area contributed by atoms with Gasteiger partial charge in [-0.05, 0) is 28.9 Å². The molecule has 45 heavy (non-hydrogen) atoms. The van der Waals surface area contributed by atoms with Crippen molar-refractivity contribution in [1.29, 1.82) is 0 Å². The molecular formula is C34H45N5O5S. The van der Waals surface area contributed by atoms with Gasteiger partial charge in [0.05, 0.1) is 28.2 Å². The maximum absolute atomic E-state index is 14.0. The summed E-state index contributed by atoms with van der Waals surface area (Å²) < 4.78 is 0. The van der Waals surface area contributed by atoms with Gasteiger partial charge >= 0.3 is 11.4 Å². The smallest absolute Gasteiger partial charge is 0.309 e. The number of hydrogen-bond donors (Lipinski definition) is 3. The molecular weight excluding hydrogens is 590 g/mol. The Kier molecular flexibility index (Phi) is 9.90. The van der Waals surface area contributed by atoms with E-state index in [0.717, 1.165) is 21.7 Å². The number of hydrogen-bond acceptors (Lipinski definition) is 7. The van der Waals surface area contributed by atoms with Crippen LogP contribution in [0.4, 0.5) is 0 Å². The van der Waals surface area contributed by atoms with Gasteiger partial charge in [0.25, 0.3) is 0 Å². The van der Waals surface area contributed by atoms with Gasteiger partial charge in [-0.25, -0.2) is 11.6 Å². The number of carbonyl (C=O) groups excluding carboxylic acids is 4. The molecule has 1 aromatic carbocycles. The molecule has 10 nitrogen and oxygen atoms in total. The number of likely N-dealkylation sites (tertiary alicyclic amines) is 1. The molecule has 2 aliphatic rings. The van der Waals surface area contributed by atoms with Gasteiger partial charge in [0.1, 0.15) is 17.9 Å². The molecule has 2 heterocycles. The van der Waals surface area contributed by atoms with Gasteiger partial charge in [-0.2, -0.15) is 0 Å². The summed E-state index contributed by atoms with van der Waals surface area (Å²) in [6.45, 7) is 20.7. The van der Waals surface area contributed by atoms with Crippen LogP contribution >= 0.6 is 11.3 Å². The molecule has 0 spiro atoms. The zero-order valence-electron chi connectivity index (χ0n) is 27.3. The van der Waals surface area contributed by atoms with Crippen LogP contribution in [0.5, 0.6) is 0 Å². The molecule has 0 bridgehead atoms. The molecule has 4 atom stereocenters. The maximum Gasteiger partial charge on any atom is 0.309 e. The van der Waals surface area contributed by atoms with E-state index < -0.39 is 52.9 Å². The predicted octanol–water partition coefficient (Wildman–Crippen LogP) is 4.62. The van der Waals surface area contributed by atoms with Crippen molar-refractivity contribution in [2.45, 2.75) is 110 Å². The fourth-order valence-electron chi connectivity index (χ4n) is 5.75. The Morgan fingerprint density at radius 2 is 1.76 bits per heavy atom. The third kappa shape index (κ3) is 8.16. The summed E-state index contributed by atoms with van der Waals surface area (Å²) in [5.74, 6) is -1.45. The molecule has 0 radical (unpaired) electrons. The summed E-state index contributed by atoms with van der Waals surface area (Å²) in [4.78, 5) is 64.2. The Labute approximate surface area is 269 Å². The minimum atomic E-state index is -1.13. The van der Waals surface area contributed by atoms with Crippen molar-refractivity contribution in [2.24, 2.45) is 10.8 Å². The zero-order chi connectivity index (χ0) is 33.3. The summed E-state index contributed by atoms with van der Waals surface area (Å²) in [5, 5.41) is 16.4. The first-order valence-corrected chi connectivity index (χ1v) is 16.3. The van der Waals surface area contributed by atoms with Crippen LogP contribution in [0.15, 0.2) is 29.8 Å². The first-order valence-electron chi connectivity index (χ1n) is 15.4. The van der Waals surface area contributed by atoms with Crippen molar-refractivity contribution in [1.82, 2.24) is 20.5 Å². The molecule has 0 unspecified atom stereocenters. The SMILES string of the molecule is [C-]#[N+]C1(C(=O)N[C@H](C(=O)N2C[C@H](O)C[C@H]2C(=O)N[C@@H](CC(=O)CC(C)(C)C)c2ccc(-c3scnc3C)cc2)C(C)(C)C)CC1. The van der Waals surface area contributed by atoms with Gasteiger partial charge < -0.3 is 20.6 Å². The van der Waals surface area contributed by atoms with Crippen molar-refractivity contribution < 1.29 is 24.3 Å². The molecule has 3 N–H and O–H groups in total. The zero-order valence-corrected chi connectivity index (χ0v) is 28.1. The second kappa shape index (κ2) is 13.0. The van der Waals surface area contributed by atoms with Crippen molar-refractivity contribution in [3.63, 3.8) is 0 Å². The number of thiazole rings is 1. The van der Waals surface area contributed by atoms with Gasteiger partial charge in [-0.3, -0.25) is 24.0 Å². The molecule has 4 rings (SSSR count). The number of β-amino-alcohol motifs (C(OH)–C–C–N with tert-alkyl or cyclic N) is 1. The van der Waals surface area contributed by atoms with E-state index in [1.165, 1.54) is 4.90 Å². The van der Waals surface area contributed by atoms with Crippen LogP contribution in [0.1, 0.15) is 90.9 Å². The van der Waals surface area contributed by atoms with Crippen LogP contribution in [-0.2, 0) is 19.2 Å². The number of aromatic nitrogens is 1. The van der Waals surface area contributed by atoms with E-state index >= 15 is 0 Å². The topological polar surface area (TPSA) is 133 Å². The van der Waals surface area contributed by atoms with Crippen molar-refractivity contribution in [3.8, 4) is 10.4 Å². The maximum atomic E-state index is 14.0. The molecule has 1 saturated carbocycles. The van der Waals surface area contributed by atoms with Crippen molar-refractivity contribution in [2.75, 3.05) is 6.54 Å². The number of aryl methyl sites for hydroxylation is 1. The number of nitrogens with zero attached hydrogens (tertiary/aromatic N) is 3. The summed E-state index contributed by atoms with van der Waals surface area (Å²) >= 11 is 1.54. The second-order valence-corrected chi connectivity index (χ2v) is 15.6. The molecule has 1 saturated heterocycles. The van der Waals surface area contributed by atoms with Gasteiger partial charge in [-0.15, -0.1) is 11.3 Å².